The van der Waals surface area contributed by atoms with E-state index in [1.54, 1.807) is 0 Å². The molecule has 0 radical (unpaired) electrons. The largest absolute Gasteiger partial charge is 0.480 e. The van der Waals surface area contributed by atoms with Crippen molar-refractivity contribution in [2.24, 2.45) is 5.73 Å². The van der Waals surface area contributed by atoms with Gasteiger partial charge in [-0.1, -0.05) is 5.16 Å². The first-order valence-corrected chi connectivity index (χ1v) is 5.20. The Labute approximate surface area is 107 Å². The Morgan fingerprint density at radius 3 is 2.79 bits per heavy atom. The number of carbonyl (C=O) groups excluding carboxylic acids is 2. The number of hydrogen-bond donors (Lipinski definition) is 3. The quantitative estimate of drug-likeness (QED) is 0.569. The lowest BCUT2D eigenvalue weighted by atomic mass is 10.2. The third kappa shape index (κ3) is 4.39. The maximum absolute atomic E-state index is 11.7. The zero-order valence-corrected chi connectivity index (χ0v) is 10.1. The summed E-state index contributed by atoms with van der Waals surface area (Å²) in [5.41, 5.74) is 4.78. The van der Waals surface area contributed by atoms with Crippen LogP contribution < -0.4 is 11.1 Å². The van der Waals surface area contributed by atoms with Crippen LogP contribution in [0.5, 0.6) is 0 Å². The van der Waals surface area contributed by atoms with Gasteiger partial charge in [0.15, 0.2) is 11.5 Å². The van der Waals surface area contributed by atoms with Gasteiger partial charge in [-0.3, -0.25) is 9.59 Å². The van der Waals surface area contributed by atoms with Crippen LogP contribution in [-0.4, -0.2) is 41.2 Å². The van der Waals surface area contributed by atoms with Crippen molar-refractivity contribution in [2.75, 3.05) is 7.11 Å². The minimum Gasteiger partial charge on any atom is -0.480 e. The lowest BCUT2D eigenvalue weighted by molar-refractivity contribution is -0.140. The van der Waals surface area contributed by atoms with Crippen molar-refractivity contribution in [2.45, 2.75) is 19.1 Å². The summed E-state index contributed by atoms with van der Waals surface area (Å²) >= 11 is 0. The zero-order valence-electron chi connectivity index (χ0n) is 10.1. The molecule has 4 N–H and O–H groups in total. The average Bonchev–Trinajstić information content (AvgIpc) is 2.76. The number of amides is 2. The maximum Gasteiger partial charge on any atom is 0.326 e. The van der Waals surface area contributed by atoms with Gasteiger partial charge in [0.1, 0.15) is 12.6 Å². The van der Waals surface area contributed by atoms with E-state index in [9.17, 15) is 14.4 Å². The standard InChI is InChI=1S/C10H13N3O6/c1-18-4-5-2-6(13-19-5)9(15)12-7(10(16)17)3-8(11)14/h2,7H,3-4H2,1H3,(H2,11,14)(H,12,15)(H,16,17)/t7-/m0/s1. The van der Waals surface area contributed by atoms with E-state index in [0.29, 0.717) is 5.76 Å². The SMILES string of the molecule is COCc1cc(C(=O)N[C@@H](CC(N)=O)C(=O)O)no1. The number of aliphatic carboxylic acids is 1. The van der Waals surface area contributed by atoms with Crippen molar-refractivity contribution in [1.82, 2.24) is 10.5 Å². The van der Waals surface area contributed by atoms with Crippen LogP contribution in [0.2, 0.25) is 0 Å². The topological polar surface area (TPSA) is 145 Å². The predicted octanol–water partition coefficient (Wildman–Crippen LogP) is -1.12. The second kappa shape index (κ2) is 6.50. The van der Waals surface area contributed by atoms with Gasteiger partial charge in [-0.05, 0) is 0 Å². The first-order chi connectivity index (χ1) is 8.93. The summed E-state index contributed by atoms with van der Waals surface area (Å²) in [6.45, 7) is 0.129. The summed E-state index contributed by atoms with van der Waals surface area (Å²) in [6.07, 6.45) is -0.510. The highest BCUT2D eigenvalue weighted by Gasteiger charge is 2.24. The normalized spacial score (nSPS) is 11.8. The molecule has 0 saturated heterocycles. The lowest BCUT2D eigenvalue weighted by Crippen LogP contribution is -2.43. The van der Waals surface area contributed by atoms with Crippen LogP contribution >= 0.6 is 0 Å². The van der Waals surface area contributed by atoms with Gasteiger partial charge in [0.2, 0.25) is 5.91 Å². The van der Waals surface area contributed by atoms with Gasteiger partial charge in [0.05, 0.1) is 6.42 Å². The van der Waals surface area contributed by atoms with Crippen molar-refractivity contribution in [1.29, 1.82) is 0 Å². The van der Waals surface area contributed by atoms with Gasteiger partial charge in [-0.2, -0.15) is 0 Å². The molecule has 0 unspecified atom stereocenters. The summed E-state index contributed by atoms with van der Waals surface area (Å²) in [7, 11) is 1.44. The molecule has 1 heterocycles. The molecule has 0 aliphatic carbocycles. The molecule has 0 spiro atoms. The lowest BCUT2D eigenvalue weighted by Gasteiger charge is -2.10. The van der Waals surface area contributed by atoms with Crippen molar-refractivity contribution >= 4 is 17.8 Å². The monoisotopic (exact) mass is 271 g/mol. The smallest absolute Gasteiger partial charge is 0.326 e. The Hall–Kier alpha value is -2.42. The van der Waals surface area contributed by atoms with Crippen LogP contribution in [0.15, 0.2) is 10.6 Å². The van der Waals surface area contributed by atoms with Crippen molar-refractivity contribution in [3.8, 4) is 0 Å². The molecule has 1 aromatic rings. The number of ether oxygens (including phenoxy) is 1. The minimum absolute atomic E-state index is 0.109. The van der Waals surface area contributed by atoms with E-state index in [-0.39, 0.29) is 12.3 Å². The second-order valence-electron chi connectivity index (χ2n) is 3.65. The van der Waals surface area contributed by atoms with Crippen LogP contribution in [-0.2, 0) is 20.9 Å². The number of rotatable bonds is 7. The van der Waals surface area contributed by atoms with Gasteiger partial charge in [-0.25, -0.2) is 4.79 Å². The molecule has 1 atom stereocenters. The van der Waals surface area contributed by atoms with Crippen LogP contribution in [0.25, 0.3) is 0 Å². The third-order valence-corrected chi connectivity index (χ3v) is 2.09. The fourth-order valence-electron chi connectivity index (χ4n) is 1.26. The van der Waals surface area contributed by atoms with E-state index in [0.717, 1.165) is 0 Å². The van der Waals surface area contributed by atoms with E-state index < -0.39 is 30.2 Å². The highest BCUT2D eigenvalue weighted by atomic mass is 16.5. The first-order valence-electron chi connectivity index (χ1n) is 5.20. The van der Waals surface area contributed by atoms with Crippen molar-refractivity contribution in [3.05, 3.63) is 17.5 Å². The summed E-state index contributed by atoms with van der Waals surface area (Å²) in [5.74, 6) is -2.67. The predicted molar refractivity (Wildman–Crippen MR) is 59.9 cm³/mol. The van der Waals surface area contributed by atoms with Crippen LogP contribution in [0.4, 0.5) is 0 Å². The average molecular weight is 271 g/mol. The number of carbonyl (C=O) groups is 3. The first kappa shape index (κ1) is 14.6. The number of methoxy groups -OCH3 is 1. The number of nitrogens with zero attached hydrogens (tertiary/aromatic N) is 1. The highest BCUT2D eigenvalue weighted by Crippen LogP contribution is 2.05. The Morgan fingerprint density at radius 1 is 1.58 bits per heavy atom. The Morgan fingerprint density at radius 2 is 2.26 bits per heavy atom. The number of nitrogens with one attached hydrogen (secondary N) is 1. The number of hydrogen-bond acceptors (Lipinski definition) is 6. The van der Waals surface area contributed by atoms with Gasteiger partial charge in [0, 0.05) is 13.2 Å². The van der Waals surface area contributed by atoms with Crippen LogP contribution in [0, 0.1) is 0 Å². The van der Waals surface area contributed by atoms with E-state index in [1.165, 1.54) is 13.2 Å². The molecule has 1 aromatic heterocycles. The molecule has 0 saturated carbocycles. The second-order valence-corrected chi connectivity index (χ2v) is 3.65. The fourth-order valence-corrected chi connectivity index (χ4v) is 1.26. The van der Waals surface area contributed by atoms with Crippen molar-refractivity contribution < 1.29 is 28.8 Å². The summed E-state index contributed by atoms with van der Waals surface area (Å²) < 4.78 is 9.55. The van der Waals surface area contributed by atoms with E-state index in [1.807, 2.05) is 0 Å². The third-order valence-electron chi connectivity index (χ3n) is 2.09. The zero-order chi connectivity index (χ0) is 14.4. The fraction of sp³-hybridized carbons (Fsp3) is 0.400. The number of carboxylic acids is 1. The number of nitrogens with two attached hydrogens (primary N) is 1. The molecule has 0 aromatic carbocycles. The molecule has 2 amide bonds. The van der Waals surface area contributed by atoms with Gasteiger partial charge in [0.25, 0.3) is 5.91 Å². The van der Waals surface area contributed by atoms with E-state index in [2.05, 4.69) is 10.5 Å². The minimum atomic E-state index is -1.41. The molecule has 0 bridgehead atoms. The number of carboxylic acid groups (broad SMARTS) is 1. The van der Waals surface area contributed by atoms with Crippen LogP contribution in [0.3, 0.4) is 0 Å². The van der Waals surface area contributed by atoms with Crippen LogP contribution in [0.1, 0.15) is 22.7 Å². The molecule has 9 heteroatoms. The van der Waals surface area contributed by atoms with Gasteiger partial charge in [-0.15, -0.1) is 0 Å². The van der Waals surface area contributed by atoms with Crippen molar-refractivity contribution in [3.63, 3.8) is 0 Å². The Kier molecular flexibility index (Phi) is 5.01. The molecular weight excluding hydrogens is 258 g/mol. The molecule has 9 nitrogen and oxygen atoms in total. The molecule has 104 valence electrons. The molecule has 0 aliphatic rings. The molecule has 19 heavy (non-hydrogen) atoms. The van der Waals surface area contributed by atoms with Gasteiger partial charge < -0.3 is 25.4 Å². The van der Waals surface area contributed by atoms with Gasteiger partial charge >= 0.3 is 5.97 Å². The van der Waals surface area contributed by atoms with E-state index in [4.69, 9.17) is 20.1 Å². The Bertz CT molecular complexity index is 483. The molecule has 0 aliphatic heterocycles. The molecule has 0 fully saturated rings. The number of primary amides is 1. The highest BCUT2D eigenvalue weighted by molar-refractivity contribution is 5.96. The summed E-state index contributed by atoms with van der Waals surface area (Å²) in [6, 6.07) is -0.102. The number of aromatic nitrogens is 1. The Balaban J connectivity index is 2.70. The summed E-state index contributed by atoms with van der Waals surface area (Å²) in [5, 5.41) is 14.4. The molecular formula is C10H13N3O6. The molecule has 1 rings (SSSR count). The summed E-state index contributed by atoms with van der Waals surface area (Å²) in [4.78, 5) is 33.2. The maximum atomic E-state index is 11.7. The van der Waals surface area contributed by atoms with E-state index >= 15 is 0 Å².